The van der Waals surface area contributed by atoms with Crippen LogP contribution in [0.3, 0.4) is 0 Å². The number of benzene rings is 1. The van der Waals surface area contributed by atoms with Crippen molar-refractivity contribution < 1.29 is 32.2 Å². The maximum absolute atomic E-state index is 13.1. The molecule has 0 heterocycles. The number of methoxy groups -OCH3 is 2. The van der Waals surface area contributed by atoms with E-state index in [0.29, 0.717) is 18.8 Å². The molecular weight excluding hydrogens is 353 g/mol. The summed E-state index contributed by atoms with van der Waals surface area (Å²) < 4.78 is 48.2. The Morgan fingerprint density at radius 1 is 1.15 bits per heavy atom. The first kappa shape index (κ1) is 21.3. The first-order chi connectivity index (χ1) is 12.2. The molecule has 0 atom stereocenters. The fourth-order valence-corrected chi connectivity index (χ4v) is 2.23. The van der Waals surface area contributed by atoms with Crippen LogP contribution < -0.4 is 10.2 Å². The van der Waals surface area contributed by atoms with Crippen LogP contribution in [-0.4, -0.2) is 39.2 Å². The highest BCUT2D eigenvalue weighted by atomic mass is 19.4. The van der Waals surface area contributed by atoms with Gasteiger partial charge in [0.25, 0.3) is 0 Å². The number of carbonyl (C=O) groups excluding carboxylic acids is 2. The van der Waals surface area contributed by atoms with Gasteiger partial charge in [-0.15, -0.1) is 0 Å². The number of hydrogen-bond donors (Lipinski definition) is 1. The predicted molar refractivity (Wildman–Crippen MR) is 90.7 cm³/mol. The number of anilines is 2. The van der Waals surface area contributed by atoms with Gasteiger partial charge in [-0.3, -0.25) is 0 Å². The highest BCUT2D eigenvalue weighted by molar-refractivity contribution is 5.99. The van der Waals surface area contributed by atoms with Crippen molar-refractivity contribution in [1.82, 2.24) is 0 Å². The summed E-state index contributed by atoms with van der Waals surface area (Å²) in [4.78, 5) is 25.1. The standard InChI is InChI=1S/C17H21F3N2O4/c1-5-22(6-2)14-8-7-11(17(18,19)20)9-12(14)21-13(16(24)26-4)10-15(23)25-3/h7-10,21H,5-6H2,1-4H3/b13-10+. The second kappa shape index (κ2) is 9.12. The number of ether oxygens (including phenoxy) is 2. The maximum Gasteiger partial charge on any atom is 0.416 e. The van der Waals surface area contributed by atoms with Crippen LogP contribution in [0.1, 0.15) is 19.4 Å². The summed E-state index contributed by atoms with van der Waals surface area (Å²) in [6.07, 6.45) is -3.74. The highest BCUT2D eigenvalue weighted by Crippen LogP contribution is 2.36. The van der Waals surface area contributed by atoms with Crippen molar-refractivity contribution in [3.05, 3.63) is 35.5 Å². The van der Waals surface area contributed by atoms with Crippen LogP contribution in [0.2, 0.25) is 0 Å². The van der Waals surface area contributed by atoms with Gasteiger partial charge < -0.3 is 19.7 Å². The number of alkyl halides is 3. The van der Waals surface area contributed by atoms with E-state index in [9.17, 15) is 22.8 Å². The van der Waals surface area contributed by atoms with Crippen molar-refractivity contribution in [2.75, 3.05) is 37.5 Å². The summed E-state index contributed by atoms with van der Waals surface area (Å²) in [5.41, 5.74) is -0.767. The Kier molecular flexibility index (Phi) is 7.48. The zero-order valence-electron chi connectivity index (χ0n) is 14.9. The van der Waals surface area contributed by atoms with Crippen molar-refractivity contribution in [2.45, 2.75) is 20.0 Å². The molecule has 0 fully saturated rings. The second-order valence-electron chi connectivity index (χ2n) is 5.10. The van der Waals surface area contributed by atoms with Crippen LogP contribution in [0.15, 0.2) is 30.0 Å². The molecule has 0 radical (unpaired) electrons. The molecule has 26 heavy (non-hydrogen) atoms. The molecule has 0 aromatic heterocycles. The summed E-state index contributed by atoms with van der Waals surface area (Å²) in [6.45, 7) is 4.75. The Bertz CT molecular complexity index is 683. The van der Waals surface area contributed by atoms with Gasteiger partial charge in [0, 0.05) is 13.1 Å². The van der Waals surface area contributed by atoms with Gasteiger partial charge in [0.05, 0.1) is 37.2 Å². The average molecular weight is 374 g/mol. The van der Waals surface area contributed by atoms with Gasteiger partial charge in [-0.05, 0) is 32.0 Å². The van der Waals surface area contributed by atoms with Gasteiger partial charge in [0.2, 0.25) is 0 Å². The van der Waals surface area contributed by atoms with E-state index >= 15 is 0 Å². The normalized spacial score (nSPS) is 11.7. The number of nitrogens with zero attached hydrogens (tertiary/aromatic N) is 1. The lowest BCUT2D eigenvalue weighted by Crippen LogP contribution is -2.24. The molecule has 0 aliphatic carbocycles. The third kappa shape index (κ3) is 5.40. The van der Waals surface area contributed by atoms with Gasteiger partial charge in [-0.2, -0.15) is 13.2 Å². The van der Waals surface area contributed by atoms with E-state index in [2.05, 4.69) is 14.8 Å². The lowest BCUT2D eigenvalue weighted by molar-refractivity contribution is -0.138. The second-order valence-corrected chi connectivity index (χ2v) is 5.10. The van der Waals surface area contributed by atoms with Crippen LogP contribution in [0, 0.1) is 0 Å². The number of nitrogens with one attached hydrogen (secondary N) is 1. The highest BCUT2D eigenvalue weighted by Gasteiger charge is 2.31. The molecule has 9 heteroatoms. The minimum absolute atomic E-state index is 0.0177. The summed E-state index contributed by atoms with van der Waals surface area (Å²) >= 11 is 0. The fraction of sp³-hybridized carbons (Fsp3) is 0.412. The monoisotopic (exact) mass is 374 g/mol. The van der Waals surface area contributed by atoms with Crippen LogP contribution >= 0.6 is 0 Å². The average Bonchev–Trinajstić information content (AvgIpc) is 2.61. The number of halogens is 3. The van der Waals surface area contributed by atoms with Crippen LogP contribution in [0.25, 0.3) is 0 Å². The van der Waals surface area contributed by atoms with Crippen LogP contribution in [0.4, 0.5) is 24.5 Å². The third-order valence-corrected chi connectivity index (χ3v) is 3.57. The SMILES string of the molecule is CCN(CC)c1ccc(C(F)(F)F)cc1N/C(=C/C(=O)OC)C(=O)OC. The number of rotatable bonds is 7. The predicted octanol–water partition coefficient (Wildman–Crippen LogP) is 3.19. The van der Waals surface area contributed by atoms with Gasteiger partial charge >= 0.3 is 18.1 Å². The van der Waals surface area contributed by atoms with Crippen molar-refractivity contribution in [1.29, 1.82) is 0 Å². The molecule has 0 bridgehead atoms. The molecule has 0 amide bonds. The molecule has 1 aromatic rings. The van der Waals surface area contributed by atoms with E-state index in [1.807, 2.05) is 13.8 Å². The number of hydrogen-bond acceptors (Lipinski definition) is 6. The smallest absolute Gasteiger partial charge is 0.416 e. The molecular formula is C17H21F3N2O4. The van der Waals surface area contributed by atoms with E-state index in [1.165, 1.54) is 6.07 Å². The summed E-state index contributed by atoms with van der Waals surface area (Å²) in [6, 6.07) is 3.15. The lowest BCUT2D eigenvalue weighted by Gasteiger charge is -2.25. The number of carbonyl (C=O) groups is 2. The summed E-state index contributed by atoms with van der Waals surface area (Å²) in [5, 5.41) is 2.57. The summed E-state index contributed by atoms with van der Waals surface area (Å²) in [5.74, 6) is -1.77. The number of esters is 2. The zero-order valence-corrected chi connectivity index (χ0v) is 14.9. The Hall–Kier alpha value is -2.71. The molecule has 1 N–H and O–H groups in total. The van der Waals surface area contributed by atoms with Crippen LogP contribution in [0.5, 0.6) is 0 Å². The lowest BCUT2D eigenvalue weighted by atomic mass is 10.1. The molecule has 0 spiro atoms. The molecule has 0 aliphatic heterocycles. The quantitative estimate of drug-likeness (QED) is 0.584. The molecule has 0 saturated heterocycles. The Morgan fingerprint density at radius 3 is 2.23 bits per heavy atom. The van der Waals surface area contributed by atoms with Gasteiger partial charge in [0.15, 0.2) is 0 Å². The maximum atomic E-state index is 13.1. The van der Waals surface area contributed by atoms with E-state index < -0.39 is 23.7 Å². The van der Waals surface area contributed by atoms with Crippen molar-refractivity contribution in [2.24, 2.45) is 0 Å². The third-order valence-electron chi connectivity index (χ3n) is 3.57. The fourth-order valence-electron chi connectivity index (χ4n) is 2.23. The van der Waals surface area contributed by atoms with E-state index in [-0.39, 0.29) is 11.4 Å². The molecule has 0 aliphatic rings. The zero-order chi connectivity index (χ0) is 19.9. The Labute approximate surface area is 149 Å². The minimum Gasteiger partial charge on any atom is -0.466 e. The van der Waals surface area contributed by atoms with Crippen molar-refractivity contribution in [3.63, 3.8) is 0 Å². The van der Waals surface area contributed by atoms with E-state index in [0.717, 1.165) is 32.4 Å². The Morgan fingerprint density at radius 2 is 1.77 bits per heavy atom. The molecule has 0 unspecified atom stereocenters. The molecule has 6 nitrogen and oxygen atoms in total. The topological polar surface area (TPSA) is 67.9 Å². The molecule has 144 valence electrons. The molecule has 0 saturated carbocycles. The van der Waals surface area contributed by atoms with Gasteiger partial charge in [-0.1, -0.05) is 0 Å². The summed E-state index contributed by atoms with van der Waals surface area (Å²) in [7, 11) is 2.20. The first-order valence-corrected chi connectivity index (χ1v) is 7.79. The van der Waals surface area contributed by atoms with Crippen molar-refractivity contribution in [3.8, 4) is 0 Å². The minimum atomic E-state index is -4.56. The molecule has 1 aromatic carbocycles. The van der Waals surface area contributed by atoms with E-state index in [4.69, 9.17) is 0 Å². The molecule has 1 rings (SSSR count). The van der Waals surface area contributed by atoms with Gasteiger partial charge in [0.1, 0.15) is 5.70 Å². The largest absolute Gasteiger partial charge is 0.466 e. The van der Waals surface area contributed by atoms with Crippen molar-refractivity contribution >= 4 is 23.3 Å². The van der Waals surface area contributed by atoms with Crippen LogP contribution in [-0.2, 0) is 25.2 Å². The van der Waals surface area contributed by atoms with Gasteiger partial charge in [-0.25, -0.2) is 9.59 Å². The first-order valence-electron chi connectivity index (χ1n) is 7.79. The Balaban J connectivity index is 3.46. The van der Waals surface area contributed by atoms with E-state index in [1.54, 1.807) is 4.90 Å².